The third kappa shape index (κ3) is 22.3. The lowest BCUT2D eigenvalue weighted by Crippen LogP contribution is -2.22. The Kier molecular flexibility index (Phi) is 23.0. The maximum absolute atomic E-state index is 11.4. The van der Waals surface area contributed by atoms with Gasteiger partial charge in [0.25, 0.3) is 0 Å². The van der Waals surface area contributed by atoms with Gasteiger partial charge < -0.3 is 15.6 Å². The lowest BCUT2D eigenvalue weighted by molar-refractivity contribution is -0.137. The number of carbonyl (C=O) groups is 3. The molecule has 1 amide bonds. The Hall–Kier alpha value is -2.21. The number of unbranched alkanes of at least 4 members (excludes halogenated alkanes) is 11. The molecule has 36 heavy (non-hydrogen) atoms. The predicted octanol–water partition coefficient (Wildman–Crippen LogP) is 7.22. The van der Waals surface area contributed by atoms with Crippen LogP contribution in [0, 0.1) is 0 Å². The Morgan fingerprint density at radius 1 is 0.722 bits per heavy atom. The highest BCUT2D eigenvalue weighted by molar-refractivity contribution is 5.95. The van der Waals surface area contributed by atoms with Crippen molar-refractivity contribution >= 4 is 17.7 Å². The quantitative estimate of drug-likeness (QED) is 0.0916. The highest BCUT2D eigenvalue weighted by Gasteiger charge is 2.48. The SMILES string of the molecule is C/C=C/C/C=C/CCC(=O)[C@H]1O[C@H]1C(N)=O.CCCCCCCC/C=C/CCCCCCCC(=O)O. The largest absolute Gasteiger partial charge is 0.481 e. The van der Waals surface area contributed by atoms with Gasteiger partial charge in [-0.05, 0) is 51.9 Å². The zero-order valence-corrected chi connectivity index (χ0v) is 22.8. The average molecular weight is 506 g/mol. The molecule has 1 fully saturated rings. The molecule has 1 saturated heterocycles. The van der Waals surface area contributed by atoms with Gasteiger partial charge in [0.1, 0.15) is 0 Å². The number of aliphatic carboxylic acids is 1. The first-order chi connectivity index (χ1) is 17.4. The fourth-order valence-electron chi connectivity index (χ4n) is 3.72. The topological polar surface area (TPSA) is 110 Å². The second kappa shape index (κ2) is 24.5. The number of Topliss-reactive ketones (excluding diaryl/α,β-unsaturated/α-hetero) is 1. The molecule has 0 radical (unpaired) electrons. The summed E-state index contributed by atoms with van der Waals surface area (Å²) in [4.78, 5) is 32.4. The van der Waals surface area contributed by atoms with Crippen molar-refractivity contribution in [2.75, 3.05) is 0 Å². The highest BCUT2D eigenvalue weighted by atomic mass is 16.6. The molecule has 0 aromatic carbocycles. The summed E-state index contributed by atoms with van der Waals surface area (Å²) < 4.78 is 4.88. The molecule has 1 aliphatic rings. The van der Waals surface area contributed by atoms with E-state index < -0.39 is 24.1 Å². The molecule has 0 bridgehead atoms. The zero-order chi connectivity index (χ0) is 26.9. The number of amides is 1. The van der Waals surface area contributed by atoms with Crippen LogP contribution in [0.2, 0.25) is 0 Å². The molecule has 0 spiro atoms. The summed E-state index contributed by atoms with van der Waals surface area (Å²) in [5.41, 5.74) is 5.00. The summed E-state index contributed by atoms with van der Waals surface area (Å²) in [5, 5.41) is 8.51. The number of hydrogen-bond acceptors (Lipinski definition) is 4. The van der Waals surface area contributed by atoms with Gasteiger partial charge in [-0.2, -0.15) is 0 Å². The Morgan fingerprint density at radius 2 is 1.28 bits per heavy atom. The normalized spacial score (nSPS) is 16.9. The van der Waals surface area contributed by atoms with E-state index in [1.807, 2.05) is 31.2 Å². The van der Waals surface area contributed by atoms with Crippen molar-refractivity contribution in [1.82, 2.24) is 0 Å². The monoisotopic (exact) mass is 505 g/mol. The molecule has 2 atom stereocenters. The lowest BCUT2D eigenvalue weighted by Gasteiger charge is -1.99. The summed E-state index contributed by atoms with van der Waals surface area (Å²) >= 11 is 0. The number of carboxylic acid groups (broad SMARTS) is 1. The van der Waals surface area contributed by atoms with Crippen LogP contribution in [0.4, 0.5) is 0 Å². The maximum Gasteiger partial charge on any atom is 0.303 e. The highest BCUT2D eigenvalue weighted by Crippen LogP contribution is 2.24. The van der Waals surface area contributed by atoms with E-state index in [0.29, 0.717) is 19.3 Å². The molecule has 0 aliphatic carbocycles. The summed E-state index contributed by atoms with van der Waals surface area (Å²) in [6, 6.07) is 0. The van der Waals surface area contributed by atoms with Gasteiger partial charge in [-0.1, -0.05) is 94.7 Å². The van der Waals surface area contributed by atoms with Gasteiger partial charge in [0.05, 0.1) is 0 Å². The predicted molar refractivity (Wildman–Crippen MR) is 148 cm³/mol. The van der Waals surface area contributed by atoms with E-state index in [2.05, 4.69) is 19.1 Å². The van der Waals surface area contributed by atoms with Gasteiger partial charge in [0, 0.05) is 12.8 Å². The number of carboxylic acids is 1. The van der Waals surface area contributed by atoms with E-state index in [1.165, 1.54) is 70.6 Å². The van der Waals surface area contributed by atoms with E-state index in [-0.39, 0.29) is 5.78 Å². The van der Waals surface area contributed by atoms with E-state index in [0.717, 1.165) is 19.3 Å². The number of allylic oxidation sites excluding steroid dienone is 6. The van der Waals surface area contributed by atoms with E-state index in [9.17, 15) is 14.4 Å². The lowest BCUT2D eigenvalue weighted by atomic mass is 10.1. The number of ether oxygens (including phenoxy) is 1. The number of carbonyl (C=O) groups excluding carboxylic acids is 2. The van der Waals surface area contributed by atoms with E-state index >= 15 is 0 Å². The van der Waals surface area contributed by atoms with Gasteiger partial charge in [0.2, 0.25) is 5.91 Å². The zero-order valence-electron chi connectivity index (χ0n) is 22.8. The van der Waals surface area contributed by atoms with Gasteiger partial charge in [0.15, 0.2) is 18.0 Å². The molecule has 0 unspecified atom stereocenters. The molecule has 0 aromatic heterocycles. The first kappa shape index (κ1) is 33.8. The van der Waals surface area contributed by atoms with E-state index in [4.69, 9.17) is 15.6 Å². The second-order valence-electron chi connectivity index (χ2n) is 9.39. The summed E-state index contributed by atoms with van der Waals surface area (Å²) in [7, 11) is 0. The minimum Gasteiger partial charge on any atom is -0.481 e. The van der Waals surface area contributed by atoms with Crippen molar-refractivity contribution in [3.63, 3.8) is 0 Å². The fourth-order valence-corrected chi connectivity index (χ4v) is 3.72. The Labute approximate surface area is 219 Å². The Balaban J connectivity index is 0.000000696. The van der Waals surface area contributed by atoms with Gasteiger partial charge in [-0.3, -0.25) is 14.4 Å². The third-order valence-electron chi connectivity index (χ3n) is 5.97. The van der Waals surface area contributed by atoms with Crippen LogP contribution < -0.4 is 5.73 Å². The minimum absolute atomic E-state index is 0.0421. The van der Waals surface area contributed by atoms with Crippen molar-refractivity contribution in [2.45, 2.75) is 135 Å². The second-order valence-corrected chi connectivity index (χ2v) is 9.39. The van der Waals surface area contributed by atoms with Crippen LogP contribution in [0.15, 0.2) is 36.5 Å². The standard InChI is InChI=1S/C18H34O2.C12H17NO3/c1-2-3-4-5-6-7-8-9-10-11-12-13-14-15-16-17-18(19)20;1-2-3-4-5-6-7-8-9(14)10-11(16-10)12(13)15/h9-10H,2-8,11-17H2,1H3,(H,19,20);2-3,5-6,10-11H,4,7-8H2,1H3,(H2,13,15)/b10-9+;3-2+,6-5+/t;10-,11-/m.1/s1. The molecule has 1 heterocycles. The number of nitrogens with two attached hydrogens (primary N) is 1. The van der Waals surface area contributed by atoms with Crippen molar-refractivity contribution in [3.05, 3.63) is 36.5 Å². The van der Waals surface area contributed by atoms with Crippen LogP contribution in [0.3, 0.4) is 0 Å². The molecule has 6 nitrogen and oxygen atoms in total. The van der Waals surface area contributed by atoms with Crippen molar-refractivity contribution in [1.29, 1.82) is 0 Å². The van der Waals surface area contributed by atoms with Crippen LogP contribution in [0.1, 0.15) is 123 Å². The van der Waals surface area contributed by atoms with Gasteiger partial charge in [-0.25, -0.2) is 0 Å². The fraction of sp³-hybridized carbons (Fsp3) is 0.700. The van der Waals surface area contributed by atoms with Gasteiger partial charge in [-0.15, -0.1) is 0 Å². The van der Waals surface area contributed by atoms with Crippen LogP contribution in [-0.2, 0) is 19.1 Å². The van der Waals surface area contributed by atoms with Crippen LogP contribution in [-0.4, -0.2) is 35.0 Å². The number of primary amides is 1. The summed E-state index contributed by atoms with van der Waals surface area (Å²) in [6.07, 6.45) is 29.9. The number of hydrogen-bond donors (Lipinski definition) is 2. The van der Waals surface area contributed by atoms with Crippen molar-refractivity contribution < 1.29 is 24.2 Å². The van der Waals surface area contributed by atoms with Crippen molar-refractivity contribution in [3.8, 4) is 0 Å². The molecular weight excluding hydrogens is 454 g/mol. The minimum atomic E-state index is -0.681. The molecule has 0 aromatic rings. The Morgan fingerprint density at radius 3 is 1.81 bits per heavy atom. The first-order valence-electron chi connectivity index (χ1n) is 14.0. The molecule has 206 valence electrons. The molecule has 1 rings (SSSR count). The molecule has 6 heteroatoms. The van der Waals surface area contributed by atoms with Crippen LogP contribution in [0.5, 0.6) is 0 Å². The third-order valence-corrected chi connectivity index (χ3v) is 5.97. The number of epoxide rings is 1. The number of ketones is 1. The summed E-state index contributed by atoms with van der Waals surface area (Å²) in [5.74, 6) is -1.26. The average Bonchev–Trinajstić information content (AvgIpc) is 3.65. The molecule has 0 saturated carbocycles. The first-order valence-corrected chi connectivity index (χ1v) is 14.0. The smallest absolute Gasteiger partial charge is 0.303 e. The van der Waals surface area contributed by atoms with Crippen molar-refractivity contribution in [2.24, 2.45) is 5.73 Å². The summed E-state index contributed by atoms with van der Waals surface area (Å²) in [6.45, 7) is 4.22. The van der Waals surface area contributed by atoms with Gasteiger partial charge >= 0.3 is 5.97 Å². The van der Waals surface area contributed by atoms with Crippen LogP contribution in [0.25, 0.3) is 0 Å². The molecule has 1 aliphatic heterocycles. The maximum atomic E-state index is 11.4. The molecular formula is C30H51NO5. The Bertz CT molecular complexity index is 668. The molecule has 3 N–H and O–H groups in total. The van der Waals surface area contributed by atoms with E-state index in [1.54, 1.807) is 0 Å². The number of rotatable bonds is 22. The van der Waals surface area contributed by atoms with Crippen LogP contribution >= 0.6 is 0 Å².